The first-order valence-electron chi connectivity index (χ1n) is 34.6. The van der Waals surface area contributed by atoms with Gasteiger partial charge in [0.15, 0.2) is 12.6 Å². The third-order valence-electron chi connectivity index (χ3n) is 16.2. The zero-order valence-corrected chi connectivity index (χ0v) is 54.2. The van der Waals surface area contributed by atoms with E-state index in [4.69, 9.17) is 18.9 Å². The second kappa shape index (κ2) is 56.6. The number of nitrogens with one attached hydrogen (secondary N) is 1. The number of aliphatic hydroxyl groups is 8. The van der Waals surface area contributed by atoms with Gasteiger partial charge in [-0.3, -0.25) is 4.79 Å². The van der Waals surface area contributed by atoms with E-state index in [1.807, 2.05) is 6.08 Å². The summed E-state index contributed by atoms with van der Waals surface area (Å²) in [7, 11) is 0. The minimum absolute atomic E-state index is 0.258. The van der Waals surface area contributed by atoms with Crippen LogP contribution in [0.4, 0.5) is 0 Å². The maximum absolute atomic E-state index is 13.3. The lowest BCUT2D eigenvalue weighted by molar-refractivity contribution is -0.359. The molecule has 0 aromatic carbocycles. The monoisotopic (exact) mass is 1220 g/mol. The largest absolute Gasteiger partial charge is 0.394 e. The van der Waals surface area contributed by atoms with Gasteiger partial charge in [0.25, 0.3) is 0 Å². The molecule has 9 N–H and O–H groups in total. The van der Waals surface area contributed by atoms with Gasteiger partial charge in [0, 0.05) is 6.42 Å². The number of hydrogen-bond donors (Lipinski definition) is 9. The number of carbonyl (C=O) groups excluding carboxylic acids is 1. The van der Waals surface area contributed by atoms with Crippen molar-refractivity contribution < 1.29 is 64.6 Å². The van der Waals surface area contributed by atoms with Crippen molar-refractivity contribution in [1.29, 1.82) is 0 Å². The van der Waals surface area contributed by atoms with Gasteiger partial charge in [-0.1, -0.05) is 258 Å². The van der Waals surface area contributed by atoms with E-state index in [0.717, 1.165) is 89.9 Å². The maximum Gasteiger partial charge on any atom is 0.220 e. The Hall–Kier alpha value is -3.35. The van der Waals surface area contributed by atoms with Gasteiger partial charge in [0.2, 0.25) is 5.91 Å². The minimum Gasteiger partial charge on any atom is -0.394 e. The van der Waals surface area contributed by atoms with Crippen molar-refractivity contribution in [1.82, 2.24) is 5.32 Å². The van der Waals surface area contributed by atoms with Crippen LogP contribution in [0.5, 0.6) is 0 Å². The highest BCUT2D eigenvalue weighted by molar-refractivity contribution is 5.76. The molecule has 87 heavy (non-hydrogen) atoms. The molecule has 2 aliphatic heterocycles. The molecule has 0 aromatic heterocycles. The fraction of sp³-hybridized carbons (Fsp3) is 0.740. The fourth-order valence-corrected chi connectivity index (χ4v) is 10.7. The van der Waals surface area contributed by atoms with Gasteiger partial charge in [0.05, 0.1) is 32.0 Å². The highest BCUT2D eigenvalue weighted by Gasteiger charge is 2.51. The zero-order chi connectivity index (χ0) is 63.1. The van der Waals surface area contributed by atoms with Crippen molar-refractivity contribution in [3.05, 3.63) is 109 Å². The normalized spacial score (nSPS) is 24.0. The predicted molar refractivity (Wildman–Crippen MR) is 355 cm³/mol. The lowest BCUT2D eigenvalue weighted by atomic mass is 9.97. The Labute approximate surface area is 527 Å². The standard InChI is InChI=1S/C73H125NO13/c1-3-5-7-9-11-13-15-17-19-21-23-25-27-29-30-31-32-33-35-37-39-41-43-45-47-49-51-53-55-57-65(78)74-61(60-84-72-70(83)68(81)71(64(59-76)86-72)87-73-69(82)67(80)66(79)63(58-75)85-73)62(77)56-54-52-50-48-46-44-42-40-38-36-34-28-26-24-22-20-18-16-14-12-10-8-6-4-2/h5,7,11,13,17,19,23,25,29-30,32-33,38,40,46,48,54,56,61-64,66-73,75-77,79-83H,3-4,6,8-10,12,14-16,18,20-22,24,26-28,31,34-37,39,41-45,47,49-53,55,57-60H2,1-2H3,(H,74,78)/b7-5-,13-11-,19-17-,25-23-,30-29-,33-32-,40-38+,48-46+,56-54+. The topological polar surface area (TPSA) is 228 Å². The van der Waals surface area contributed by atoms with E-state index in [2.05, 4.69) is 116 Å². The van der Waals surface area contributed by atoms with Crippen molar-refractivity contribution in [3.8, 4) is 0 Å². The van der Waals surface area contributed by atoms with E-state index in [0.29, 0.717) is 12.8 Å². The van der Waals surface area contributed by atoms with Crippen molar-refractivity contribution in [2.75, 3.05) is 19.8 Å². The third-order valence-corrected chi connectivity index (χ3v) is 16.2. The van der Waals surface area contributed by atoms with Gasteiger partial charge in [0.1, 0.15) is 48.8 Å². The number of ether oxygens (including phenoxy) is 4. The molecule has 2 rings (SSSR count). The van der Waals surface area contributed by atoms with Crippen LogP contribution in [0.25, 0.3) is 0 Å². The van der Waals surface area contributed by atoms with Gasteiger partial charge in [-0.25, -0.2) is 0 Å². The molecular weight excluding hydrogens is 1100 g/mol. The number of rotatable bonds is 55. The van der Waals surface area contributed by atoms with Crippen LogP contribution < -0.4 is 5.32 Å². The molecule has 2 fully saturated rings. The molecule has 0 saturated carbocycles. The molecule has 0 spiro atoms. The molecule has 500 valence electrons. The summed E-state index contributed by atoms with van der Waals surface area (Å²) in [5.74, 6) is -0.261. The molecule has 12 unspecified atom stereocenters. The highest BCUT2D eigenvalue weighted by atomic mass is 16.7. The smallest absolute Gasteiger partial charge is 0.220 e. The number of aliphatic hydroxyl groups excluding tert-OH is 8. The Kier molecular flexibility index (Phi) is 51.9. The quantitative estimate of drug-likeness (QED) is 0.0204. The molecule has 1 amide bonds. The number of amides is 1. The van der Waals surface area contributed by atoms with Crippen LogP contribution in [0.1, 0.15) is 251 Å². The van der Waals surface area contributed by atoms with E-state index in [1.165, 1.54) is 128 Å². The maximum atomic E-state index is 13.3. The lowest BCUT2D eigenvalue weighted by Gasteiger charge is -2.46. The molecule has 14 nitrogen and oxygen atoms in total. The Morgan fingerprint density at radius 2 is 0.805 bits per heavy atom. The van der Waals surface area contributed by atoms with Crippen LogP contribution in [0.2, 0.25) is 0 Å². The molecule has 0 bridgehead atoms. The van der Waals surface area contributed by atoms with Crippen molar-refractivity contribution in [2.45, 2.75) is 325 Å². The van der Waals surface area contributed by atoms with Crippen LogP contribution in [-0.2, 0) is 23.7 Å². The van der Waals surface area contributed by atoms with Crippen LogP contribution in [0.3, 0.4) is 0 Å². The van der Waals surface area contributed by atoms with Crippen molar-refractivity contribution >= 4 is 5.91 Å². The van der Waals surface area contributed by atoms with Crippen LogP contribution in [0.15, 0.2) is 109 Å². The SMILES string of the molecule is CC/C=C\C/C=C\C/C=C\C/C=C\C/C=C\C/C=C\CCCCCCCCCCCCC(=O)NC(COC1OC(CO)C(OC2OC(CO)C(O)C(O)C2O)C(O)C1O)C(O)/C=C/CC/C=C/CC/C=C/CCCCCCCCCCCCCCCC. The van der Waals surface area contributed by atoms with Gasteiger partial charge in [-0.2, -0.15) is 0 Å². The first kappa shape index (κ1) is 79.7. The van der Waals surface area contributed by atoms with Gasteiger partial charge < -0.3 is 65.1 Å². The summed E-state index contributed by atoms with van der Waals surface area (Å²) in [6.45, 7) is 2.67. The highest BCUT2D eigenvalue weighted by Crippen LogP contribution is 2.30. The van der Waals surface area contributed by atoms with E-state index in [-0.39, 0.29) is 18.9 Å². The summed E-state index contributed by atoms with van der Waals surface area (Å²) in [6.07, 6.45) is 64.2. The Balaban J connectivity index is 1.72. The summed E-state index contributed by atoms with van der Waals surface area (Å²) in [5.41, 5.74) is 0. The van der Waals surface area contributed by atoms with Crippen LogP contribution in [0, 0.1) is 0 Å². The summed E-state index contributed by atoms with van der Waals surface area (Å²) < 4.78 is 22.8. The second-order valence-corrected chi connectivity index (χ2v) is 23.9. The molecule has 0 radical (unpaired) electrons. The molecule has 0 aliphatic carbocycles. The lowest BCUT2D eigenvalue weighted by Crippen LogP contribution is -2.65. The summed E-state index contributed by atoms with van der Waals surface area (Å²) in [5, 5.41) is 87.4. The molecule has 14 heteroatoms. The first-order valence-corrected chi connectivity index (χ1v) is 34.6. The Bertz CT molecular complexity index is 1880. The summed E-state index contributed by atoms with van der Waals surface area (Å²) in [4.78, 5) is 13.3. The molecule has 0 aromatic rings. The van der Waals surface area contributed by atoms with Gasteiger partial charge in [-0.05, 0) is 96.3 Å². The van der Waals surface area contributed by atoms with E-state index in [1.54, 1.807) is 6.08 Å². The second-order valence-electron chi connectivity index (χ2n) is 23.9. The molecule has 2 heterocycles. The van der Waals surface area contributed by atoms with E-state index >= 15 is 0 Å². The zero-order valence-electron chi connectivity index (χ0n) is 54.2. The predicted octanol–water partition coefficient (Wildman–Crippen LogP) is 14.0. The number of allylic oxidation sites excluding steroid dienone is 17. The third kappa shape index (κ3) is 40.9. The molecule has 2 aliphatic rings. The van der Waals surface area contributed by atoms with Crippen molar-refractivity contribution in [3.63, 3.8) is 0 Å². The first-order chi connectivity index (χ1) is 42.6. The molecule has 2 saturated heterocycles. The van der Waals surface area contributed by atoms with Gasteiger partial charge >= 0.3 is 0 Å². The molecular formula is C73H125NO13. The average Bonchev–Trinajstić information content (AvgIpc) is 1.55. The Morgan fingerprint density at radius 3 is 1.26 bits per heavy atom. The number of carbonyl (C=O) groups is 1. The average molecular weight is 1220 g/mol. The summed E-state index contributed by atoms with van der Waals surface area (Å²) >= 11 is 0. The minimum atomic E-state index is -1.80. The van der Waals surface area contributed by atoms with Crippen molar-refractivity contribution in [2.24, 2.45) is 0 Å². The number of unbranched alkanes of at least 4 members (excludes halogenated alkanes) is 26. The summed E-state index contributed by atoms with van der Waals surface area (Å²) in [6, 6.07) is -0.949. The van der Waals surface area contributed by atoms with Crippen LogP contribution >= 0.6 is 0 Å². The number of hydrogen-bond acceptors (Lipinski definition) is 13. The fourth-order valence-electron chi connectivity index (χ4n) is 10.7. The van der Waals surface area contributed by atoms with Crippen LogP contribution in [-0.4, -0.2) is 140 Å². The molecule has 12 atom stereocenters. The van der Waals surface area contributed by atoms with E-state index < -0.39 is 86.8 Å². The van der Waals surface area contributed by atoms with E-state index in [9.17, 15) is 45.6 Å². The van der Waals surface area contributed by atoms with Gasteiger partial charge in [-0.15, -0.1) is 0 Å². The Morgan fingerprint density at radius 1 is 0.425 bits per heavy atom.